The van der Waals surface area contributed by atoms with Crippen LogP contribution in [0.15, 0.2) is 36.0 Å². The minimum Gasteiger partial charge on any atom is -0.508 e. The molecule has 0 atom stereocenters. The first-order valence-corrected chi connectivity index (χ1v) is 5.52. The molecule has 0 heterocycles. The molecule has 92 valence electrons. The van der Waals surface area contributed by atoms with Gasteiger partial charge in [0, 0.05) is 11.9 Å². The molecule has 0 aliphatic heterocycles. The van der Waals surface area contributed by atoms with Gasteiger partial charge in [-0.05, 0) is 37.1 Å². The quantitative estimate of drug-likeness (QED) is 0.704. The second kappa shape index (κ2) is 5.94. The van der Waals surface area contributed by atoms with Crippen molar-refractivity contribution in [2.45, 2.75) is 20.8 Å². The Morgan fingerprint density at radius 1 is 1.29 bits per heavy atom. The van der Waals surface area contributed by atoms with E-state index in [1.54, 1.807) is 18.3 Å². The van der Waals surface area contributed by atoms with Gasteiger partial charge in [-0.25, -0.2) is 4.79 Å². The van der Waals surface area contributed by atoms with Crippen molar-refractivity contribution in [2.75, 3.05) is 5.32 Å². The average molecular weight is 234 g/mol. The van der Waals surface area contributed by atoms with E-state index in [4.69, 9.17) is 5.11 Å². The molecule has 0 aromatic heterocycles. The van der Waals surface area contributed by atoms with Gasteiger partial charge in [0.05, 0.1) is 0 Å². The van der Waals surface area contributed by atoms with Crippen LogP contribution in [0.4, 0.5) is 10.5 Å². The summed E-state index contributed by atoms with van der Waals surface area (Å²) in [6.07, 6.45) is 1.69. The van der Waals surface area contributed by atoms with Crippen molar-refractivity contribution in [3.8, 4) is 5.75 Å². The van der Waals surface area contributed by atoms with Crippen LogP contribution in [0.5, 0.6) is 5.75 Å². The van der Waals surface area contributed by atoms with Crippen molar-refractivity contribution >= 4 is 11.7 Å². The third-order valence-corrected chi connectivity index (χ3v) is 2.47. The number of phenols is 1. The maximum absolute atomic E-state index is 11.5. The van der Waals surface area contributed by atoms with Gasteiger partial charge in [0.1, 0.15) is 5.75 Å². The Kier molecular flexibility index (Phi) is 4.57. The fraction of sp³-hybridized carbons (Fsp3) is 0.308. The second-order valence-electron chi connectivity index (χ2n) is 4.19. The molecule has 0 spiro atoms. The summed E-state index contributed by atoms with van der Waals surface area (Å²) >= 11 is 0. The van der Waals surface area contributed by atoms with Crippen LogP contribution in [0.3, 0.4) is 0 Å². The summed E-state index contributed by atoms with van der Waals surface area (Å²) in [5.74, 6) is 0.579. The Labute approximate surface area is 101 Å². The lowest BCUT2D eigenvalue weighted by molar-refractivity contribution is 0.255. The van der Waals surface area contributed by atoms with E-state index in [1.165, 1.54) is 12.1 Å². The van der Waals surface area contributed by atoms with Gasteiger partial charge in [-0.2, -0.15) is 0 Å². The third kappa shape index (κ3) is 4.59. The number of carbonyl (C=O) groups is 1. The topological polar surface area (TPSA) is 61.4 Å². The van der Waals surface area contributed by atoms with Gasteiger partial charge < -0.3 is 15.7 Å². The lowest BCUT2D eigenvalue weighted by Gasteiger charge is -2.07. The number of carbonyl (C=O) groups excluding carboxylic acids is 1. The Balaban J connectivity index is 2.50. The molecule has 4 nitrogen and oxygen atoms in total. The Morgan fingerprint density at radius 2 is 1.88 bits per heavy atom. The molecule has 1 rings (SSSR count). The molecule has 0 bridgehead atoms. The number of phenolic OH excluding ortho intramolecular Hbond substituents is 1. The number of hydrogen-bond donors (Lipinski definition) is 3. The number of benzene rings is 1. The Hall–Kier alpha value is -1.97. The van der Waals surface area contributed by atoms with E-state index in [-0.39, 0.29) is 11.8 Å². The van der Waals surface area contributed by atoms with Crippen LogP contribution in [0, 0.1) is 5.92 Å². The molecule has 1 aromatic carbocycles. The van der Waals surface area contributed by atoms with Crippen molar-refractivity contribution in [2.24, 2.45) is 5.92 Å². The average Bonchev–Trinajstić information content (AvgIpc) is 2.29. The van der Waals surface area contributed by atoms with Crippen LogP contribution >= 0.6 is 0 Å². The van der Waals surface area contributed by atoms with E-state index in [2.05, 4.69) is 24.5 Å². The first kappa shape index (κ1) is 13.1. The standard InChI is InChI=1S/C13H18N2O2/c1-9(2)10(3)8-14-13(17)15-11-4-6-12(16)7-5-11/h4-9,16H,1-3H3,(H2,14,15,17)/b10-8+. The molecule has 0 aliphatic carbocycles. The molecular formula is C13H18N2O2. The van der Waals surface area contributed by atoms with Gasteiger partial charge in [0.25, 0.3) is 0 Å². The van der Waals surface area contributed by atoms with E-state index in [9.17, 15) is 4.79 Å². The van der Waals surface area contributed by atoms with E-state index < -0.39 is 0 Å². The van der Waals surface area contributed by atoms with Gasteiger partial charge in [0.15, 0.2) is 0 Å². The summed E-state index contributed by atoms with van der Waals surface area (Å²) < 4.78 is 0. The van der Waals surface area contributed by atoms with Gasteiger partial charge in [-0.1, -0.05) is 19.4 Å². The van der Waals surface area contributed by atoms with Crippen LogP contribution in [0.1, 0.15) is 20.8 Å². The summed E-state index contributed by atoms with van der Waals surface area (Å²) in [5.41, 5.74) is 1.74. The fourth-order valence-electron chi connectivity index (χ4n) is 1.06. The predicted octanol–water partition coefficient (Wildman–Crippen LogP) is 3.07. The van der Waals surface area contributed by atoms with Crippen molar-refractivity contribution in [1.29, 1.82) is 0 Å². The molecule has 2 amide bonds. The van der Waals surface area contributed by atoms with Gasteiger partial charge >= 0.3 is 6.03 Å². The number of hydrogen-bond acceptors (Lipinski definition) is 2. The van der Waals surface area contributed by atoms with Gasteiger partial charge in [-0.15, -0.1) is 0 Å². The third-order valence-electron chi connectivity index (χ3n) is 2.47. The normalized spacial score (nSPS) is 11.4. The van der Waals surface area contributed by atoms with Crippen LogP contribution in [-0.2, 0) is 0 Å². The van der Waals surface area contributed by atoms with E-state index in [0.717, 1.165) is 5.57 Å². The molecule has 0 fully saturated rings. The van der Waals surface area contributed by atoms with Crippen molar-refractivity contribution < 1.29 is 9.90 Å². The summed E-state index contributed by atoms with van der Waals surface area (Å²) in [4.78, 5) is 11.5. The molecule has 0 unspecified atom stereocenters. The minimum atomic E-state index is -0.296. The molecule has 0 saturated heterocycles. The Morgan fingerprint density at radius 3 is 2.41 bits per heavy atom. The zero-order valence-corrected chi connectivity index (χ0v) is 10.3. The van der Waals surface area contributed by atoms with E-state index >= 15 is 0 Å². The zero-order valence-electron chi connectivity index (χ0n) is 10.3. The zero-order chi connectivity index (χ0) is 12.8. The number of urea groups is 1. The molecule has 3 N–H and O–H groups in total. The molecule has 17 heavy (non-hydrogen) atoms. The van der Waals surface area contributed by atoms with E-state index in [0.29, 0.717) is 11.6 Å². The second-order valence-corrected chi connectivity index (χ2v) is 4.19. The van der Waals surface area contributed by atoms with Crippen LogP contribution in [0.25, 0.3) is 0 Å². The van der Waals surface area contributed by atoms with Crippen molar-refractivity contribution in [3.63, 3.8) is 0 Å². The number of amides is 2. The maximum Gasteiger partial charge on any atom is 0.323 e. The van der Waals surface area contributed by atoms with Crippen LogP contribution < -0.4 is 10.6 Å². The number of allylic oxidation sites excluding steroid dienone is 1. The molecule has 4 heteroatoms. The Bertz CT molecular complexity index is 408. The summed E-state index contributed by atoms with van der Waals surface area (Å²) in [7, 11) is 0. The highest BCUT2D eigenvalue weighted by atomic mass is 16.3. The van der Waals surface area contributed by atoms with E-state index in [1.807, 2.05) is 6.92 Å². The molecule has 0 saturated carbocycles. The molecule has 0 aliphatic rings. The van der Waals surface area contributed by atoms with Crippen LogP contribution in [-0.4, -0.2) is 11.1 Å². The lowest BCUT2D eigenvalue weighted by atomic mass is 10.1. The SMILES string of the molecule is C/C(=C\NC(=O)Nc1ccc(O)cc1)C(C)C. The first-order chi connectivity index (χ1) is 7.99. The number of anilines is 1. The largest absolute Gasteiger partial charge is 0.508 e. The number of nitrogens with one attached hydrogen (secondary N) is 2. The monoisotopic (exact) mass is 234 g/mol. The number of rotatable bonds is 3. The molecular weight excluding hydrogens is 216 g/mol. The smallest absolute Gasteiger partial charge is 0.323 e. The highest BCUT2D eigenvalue weighted by Gasteiger charge is 2.01. The fourth-order valence-corrected chi connectivity index (χ4v) is 1.06. The van der Waals surface area contributed by atoms with Gasteiger partial charge in [0.2, 0.25) is 0 Å². The summed E-state index contributed by atoms with van der Waals surface area (Å²) in [6, 6.07) is 6.01. The molecule has 0 radical (unpaired) electrons. The minimum absolute atomic E-state index is 0.173. The number of aromatic hydroxyl groups is 1. The highest BCUT2D eigenvalue weighted by molar-refractivity contribution is 5.89. The van der Waals surface area contributed by atoms with Gasteiger partial charge in [-0.3, -0.25) is 0 Å². The highest BCUT2D eigenvalue weighted by Crippen LogP contribution is 2.13. The maximum atomic E-state index is 11.5. The van der Waals surface area contributed by atoms with Crippen LogP contribution in [0.2, 0.25) is 0 Å². The molecule has 1 aromatic rings. The van der Waals surface area contributed by atoms with Crippen molar-refractivity contribution in [1.82, 2.24) is 5.32 Å². The lowest BCUT2D eigenvalue weighted by Crippen LogP contribution is -2.24. The predicted molar refractivity (Wildman–Crippen MR) is 68.9 cm³/mol. The first-order valence-electron chi connectivity index (χ1n) is 5.52. The summed E-state index contributed by atoms with van der Waals surface area (Å²) in [5, 5.41) is 14.4. The summed E-state index contributed by atoms with van der Waals surface area (Å²) in [6.45, 7) is 6.09. The van der Waals surface area contributed by atoms with Crippen molar-refractivity contribution in [3.05, 3.63) is 36.0 Å².